The minimum Gasteiger partial charge on any atom is -0.336 e. The maximum absolute atomic E-state index is 13.4. The summed E-state index contributed by atoms with van der Waals surface area (Å²) in [6, 6.07) is 23.0. The summed E-state index contributed by atoms with van der Waals surface area (Å²) in [6.45, 7) is 2.63. The monoisotopic (exact) mass is 558 g/mol. The van der Waals surface area contributed by atoms with Gasteiger partial charge in [-0.3, -0.25) is 19.8 Å². The fourth-order valence-corrected chi connectivity index (χ4v) is 5.43. The van der Waals surface area contributed by atoms with E-state index in [4.69, 9.17) is 0 Å². The molecular formula is C31H25F3N4O3. The van der Waals surface area contributed by atoms with Crippen molar-refractivity contribution >= 4 is 33.3 Å². The van der Waals surface area contributed by atoms with E-state index in [1.165, 1.54) is 18.2 Å². The number of fused-ring (bicyclic) bond motifs is 2. The number of aromatic nitrogens is 1. The number of halogens is 3. The van der Waals surface area contributed by atoms with Crippen molar-refractivity contribution < 1.29 is 22.9 Å². The van der Waals surface area contributed by atoms with E-state index in [0.29, 0.717) is 54.9 Å². The third kappa shape index (κ3) is 5.26. The number of hydrogen-bond donors (Lipinski definition) is 0. The summed E-state index contributed by atoms with van der Waals surface area (Å²) in [5, 5.41) is 14.2. The second-order valence-electron chi connectivity index (χ2n) is 10.2. The van der Waals surface area contributed by atoms with E-state index in [-0.39, 0.29) is 11.6 Å². The largest absolute Gasteiger partial charge is 0.416 e. The van der Waals surface area contributed by atoms with Gasteiger partial charge in [0.25, 0.3) is 11.6 Å². The van der Waals surface area contributed by atoms with Crippen LogP contribution in [0.1, 0.15) is 21.5 Å². The fourth-order valence-electron chi connectivity index (χ4n) is 5.43. The maximum Gasteiger partial charge on any atom is 0.416 e. The van der Waals surface area contributed by atoms with Crippen molar-refractivity contribution in [1.29, 1.82) is 0 Å². The Labute approximate surface area is 233 Å². The van der Waals surface area contributed by atoms with Gasteiger partial charge in [-0.2, -0.15) is 13.2 Å². The number of carbonyl (C=O) groups is 1. The van der Waals surface area contributed by atoms with Gasteiger partial charge in [0, 0.05) is 67.7 Å². The van der Waals surface area contributed by atoms with E-state index in [1.807, 2.05) is 47.4 Å². The Hall–Kier alpha value is -4.70. The Kier molecular flexibility index (Phi) is 6.70. The molecule has 1 aliphatic heterocycles. The van der Waals surface area contributed by atoms with Crippen molar-refractivity contribution in [2.24, 2.45) is 0 Å². The molecule has 0 bridgehead atoms. The summed E-state index contributed by atoms with van der Waals surface area (Å²) in [5.41, 5.74) is 1.42. The van der Waals surface area contributed by atoms with E-state index in [9.17, 15) is 28.1 Å². The smallest absolute Gasteiger partial charge is 0.336 e. The van der Waals surface area contributed by atoms with E-state index in [2.05, 4.69) is 4.90 Å². The van der Waals surface area contributed by atoms with Crippen LogP contribution >= 0.6 is 0 Å². The molecule has 1 aromatic heterocycles. The number of piperazine rings is 1. The third-order valence-electron chi connectivity index (χ3n) is 7.58. The number of amides is 1. The zero-order valence-electron chi connectivity index (χ0n) is 21.8. The Balaban J connectivity index is 1.24. The molecule has 0 saturated carbocycles. The molecule has 1 saturated heterocycles. The summed E-state index contributed by atoms with van der Waals surface area (Å²) < 4.78 is 41.8. The highest BCUT2D eigenvalue weighted by molar-refractivity contribution is 5.98. The molecule has 5 aromatic rings. The highest BCUT2D eigenvalue weighted by Crippen LogP contribution is 2.33. The summed E-state index contributed by atoms with van der Waals surface area (Å²) in [4.78, 5) is 28.2. The van der Waals surface area contributed by atoms with Crippen molar-refractivity contribution in [3.8, 4) is 5.69 Å². The van der Waals surface area contributed by atoms with Crippen molar-refractivity contribution in [2.45, 2.75) is 12.7 Å². The van der Waals surface area contributed by atoms with Crippen LogP contribution in [0.15, 0.2) is 91.1 Å². The molecule has 10 heteroatoms. The van der Waals surface area contributed by atoms with Crippen molar-refractivity contribution in [3.05, 3.63) is 118 Å². The van der Waals surface area contributed by atoms with E-state index >= 15 is 0 Å². The molecule has 1 fully saturated rings. The normalized spacial score (nSPS) is 14.6. The van der Waals surface area contributed by atoms with Crippen LogP contribution in [0.4, 0.5) is 18.9 Å². The summed E-state index contributed by atoms with van der Waals surface area (Å²) in [5.74, 6) is -0.0350. The molecule has 1 aliphatic rings. The molecule has 0 unspecified atom stereocenters. The molecule has 6 rings (SSSR count). The van der Waals surface area contributed by atoms with Crippen molar-refractivity contribution in [3.63, 3.8) is 0 Å². The number of alkyl halides is 3. The van der Waals surface area contributed by atoms with Gasteiger partial charge in [-0.05, 0) is 52.7 Å². The molecule has 7 nitrogen and oxygen atoms in total. The van der Waals surface area contributed by atoms with Crippen LogP contribution in [0.25, 0.3) is 27.4 Å². The predicted molar refractivity (Wildman–Crippen MR) is 150 cm³/mol. The number of carbonyl (C=O) groups excluding carboxylic acids is 1. The Morgan fingerprint density at radius 2 is 1.61 bits per heavy atom. The van der Waals surface area contributed by atoms with Crippen LogP contribution in [-0.2, 0) is 12.7 Å². The van der Waals surface area contributed by atoms with Crippen LogP contribution < -0.4 is 0 Å². The molecule has 0 atom stereocenters. The molecule has 0 aliphatic carbocycles. The van der Waals surface area contributed by atoms with Gasteiger partial charge in [-0.15, -0.1) is 0 Å². The van der Waals surface area contributed by atoms with Crippen molar-refractivity contribution in [2.75, 3.05) is 26.2 Å². The number of nitro benzene ring substituents is 1. The highest BCUT2D eigenvalue weighted by atomic mass is 19.4. The molecule has 208 valence electrons. The van der Waals surface area contributed by atoms with Crippen LogP contribution in [0.5, 0.6) is 0 Å². The van der Waals surface area contributed by atoms with Crippen LogP contribution in [0, 0.1) is 10.1 Å². The molecule has 2 heterocycles. The van der Waals surface area contributed by atoms with Gasteiger partial charge >= 0.3 is 6.18 Å². The number of non-ortho nitro benzene ring substituents is 1. The number of benzene rings is 4. The lowest BCUT2D eigenvalue weighted by molar-refractivity contribution is -0.384. The average molecular weight is 559 g/mol. The third-order valence-corrected chi connectivity index (χ3v) is 7.58. The topological polar surface area (TPSA) is 71.6 Å². The van der Waals surface area contributed by atoms with Crippen LogP contribution in [0.2, 0.25) is 0 Å². The highest BCUT2D eigenvalue weighted by Gasteiger charge is 2.31. The van der Waals surface area contributed by atoms with Gasteiger partial charge in [-0.1, -0.05) is 36.4 Å². The minimum absolute atomic E-state index is 0.0350. The van der Waals surface area contributed by atoms with E-state index in [1.54, 1.807) is 22.9 Å². The number of nitro groups is 1. The first kappa shape index (κ1) is 26.5. The first-order chi connectivity index (χ1) is 19.7. The molecule has 0 spiro atoms. The number of hydrogen-bond acceptors (Lipinski definition) is 4. The molecule has 0 radical (unpaired) electrons. The zero-order valence-corrected chi connectivity index (χ0v) is 21.8. The molecule has 41 heavy (non-hydrogen) atoms. The number of nitrogens with zero attached hydrogens (tertiary/aromatic N) is 4. The molecular weight excluding hydrogens is 533 g/mol. The van der Waals surface area contributed by atoms with E-state index in [0.717, 1.165) is 28.5 Å². The van der Waals surface area contributed by atoms with Gasteiger partial charge in [0.1, 0.15) is 0 Å². The molecule has 1 amide bonds. The van der Waals surface area contributed by atoms with Crippen LogP contribution in [0.3, 0.4) is 0 Å². The van der Waals surface area contributed by atoms with Gasteiger partial charge in [0.15, 0.2) is 0 Å². The van der Waals surface area contributed by atoms with Gasteiger partial charge in [0.2, 0.25) is 0 Å². The second kappa shape index (κ2) is 10.4. The Morgan fingerprint density at radius 1 is 0.854 bits per heavy atom. The lowest BCUT2D eigenvalue weighted by Crippen LogP contribution is -2.48. The Bertz CT molecular complexity index is 1790. The maximum atomic E-state index is 13.4. The molecule has 4 aromatic carbocycles. The number of rotatable bonds is 5. The van der Waals surface area contributed by atoms with E-state index < -0.39 is 16.7 Å². The van der Waals surface area contributed by atoms with Gasteiger partial charge < -0.3 is 9.47 Å². The second-order valence-corrected chi connectivity index (χ2v) is 10.2. The zero-order chi connectivity index (χ0) is 28.7. The molecule has 0 N–H and O–H groups in total. The van der Waals surface area contributed by atoms with Gasteiger partial charge in [0.05, 0.1) is 16.0 Å². The van der Waals surface area contributed by atoms with Gasteiger partial charge in [-0.25, -0.2) is 0 Å². The fraction of sp³-hybridized carbons (Fsp3) is 0.194. The van der Waals surface area contributed by atoms with Crippen molar-refractivity contribution in [1.82, 2.24) is 14.4 Å². The minimum atomic E-state index is -4.50. The predicted octanol–water partition coefficient (Wildman–Crippen LogP) is 6.67. The quantitative estimate of drug-likeness (QED) is 0.179. The SMILES string of the molecule is O=C(c1ccc2ccccc2c1)N1CCN(Cc2cn(-c3cccc(C(F)(F)F)c3)c3ccc([N+](=O)[O-])cc23)CC1. The standard InChI is InChI=1S/C31H25F3N4O3/c32-31(33,34)25-6-3-7-26(17-25)37-20-24(28-18-27(38(40)41)10-11-29(28)37)19-35-12-14-36(15-13-35)30(39)23-9-8-21-4-1-2-5-22(21)16-23/h1-11,16-18,20H,12-15,19H2. The lowest BCUT2D eigenvalue weighted by atomic mass is 10.1. The first-order valence-corrected chi connectivity index (χ1v) is 13.1. The average Bonchev–Trinajstić information content (AvgIpc) is 3.34. The summed E-state index contributed by atoms with van der Waals surface area (Å²) in [6.07, 6.45) is -2.75. The Morgan fingerprint density at radius 3 is 2.34 bits per heavy atom. The summed E-state index contributed by atoms with van der Waals surface area (Å²) >= 11 is 0. The lowest BCUT2D eigenvalue weighted by Gasteiger charge is -2.34. The van der Waals surface area contributed by atoms with Crippen LogP contribution in [-0.4, -0.2) is 51.4 Å². The summed E-state index contributed by atoms with van der Waals surface area (Å²) in [7, 11) is 0. The first-order valence-electron chi connectivity index (χ1n) is 13.1.